The first-order valence-electron chi connectivity index (χ1n) is 10.5. The Hall–Kier alpha value is -3.52. The highest BCUT2D eigenvalue weighted by molar-refractivity contribution is 7.07. The third-order valence-electron chi connectivity index (χ3n) is 4.69. The third kappa shape index (κ3) is 6.98. The van der Waals surface area contributed by atoms with Gasteiger partial charge in [0.25, 0.3) is 11.5 Å². The molecule has 0 bridgehead atoms. The fraction of sp³-hybridized carbons (Fsp3) is 0.240. The van der Waals surface area contributed by atoms with Crippen molar-refractivity contribution in [3.8, 4) is 0 Å². The van der Waals surface area contributed by atoms with Crippen molar-refractivity contribution in [2.24, 2.45) is 5.92 Å². The lowest BCUT2D eigenvalue weighted by atomic mass is 10.2. The van der Waals surface area contributed by atoms with Gasteiger partial charge in [-0.15, -0.1) is 11.3 Å². The van der Waals surface area contributed by atoms with E-state index < -0.39 is 11.5 Å². The minimum atomic E-state index is -0.412. The van der Waals surface area contributed by atoms with Crippen molar-refractivity contribution in [3.63, 3.8) is 0 Å². The van der Waals surface area contributed by atoms with Gasteiger partial charge in [0.05, 0.1) is 4.53 Å². The molecule has 1 heterocycles. The Balaban J connectivity index is 1.98. The van der Waals surface area contributed by atoms with Crippen LogP contribution in [0.1, 0.15) is 25.0 Å². The van der Waals surface area contributed by atoms with Crippen LogP contribution in [0, 0.1) is 18.7 Å². The van der Waals surface area contributed by atoms with Gasteiger partial charge in [-0.2, -0.15) is 0 Å². The molecule has 3 rings (SSSR count). The summed E-state index contributed by atoms with van der Waals surface area (Å²) < 4.78 is 15.2. The van der Waals surface area contributed by atoms with E-state index in [9.17, 15) is 18.8 Å². The van der Waals surface area contributed by atoms with E-state index in [1.165, 1.54) is 22.8 Å². The second-order valence-corrected chi connectivity index (χ2v) is 9.15. The molecule has 2 N–H and O–H groups in total. The lowest BCUT2D eigenvalue weighted by molar-refractivity contribution is -0.122. The Morgan fingerprint density at radius 2 is 1.76 bits per heavy atom. The van der Waals surface area contributed by atoms with Gasteiger partial charge in [-0.1, -0.05) is 43.7 Å². The van der Waals surface area contributed by atoms with E-state index >= 15 is 0 Å². The predicted molar refractivity (Wildman–Crippen MR) is 130 cm³/mol. The minimum absolute atomic E-state index is 0.205. The molecule has 172 valence electrons. The van der Waals surface area contributed by atoms with Crippen LogP contribution in [-0.2, 0) is 16.1 Å². The first-order valence-corrected chi connectivity index (χ1v) is 11.4. The topological polar surface area (TPSA) is 80.2 Å². The molecule has 33 heavy (non-hydrogen) atoms. The number of carbonyl (C=O) groups is 2. The molecule has 1 aromatic heterocycles. The molecule has 3 aromatic rings. The van der Waals surface area contributed by atoms with Gasteiger partial charge in [0.15, 0.2) is 0 Å². The summed E-state index contributed by atoms with van der Waals surface area (Å²) >= 11 is 1.10. The number of aromatic nitrogens is 1. The van der Waals surface area contributed by atoms with Crippen molar-refractivity contribution in [2.75, 3.05) is 11.9 Å². The van der Waals surface area contributed by atoms with Gasteiger partial charge in [-0.05, 0) is 48.7 Å². The molecule has 2 amide bonds. The van der Waals surface area contributed by atoms with Gasteiger partial charge >= 0.3 is 0 Å². The molecule has 6 nitrogen and oxygen atoms in total. The van der Waals surface area contributed by atoms with Crippen molar-refractivity contribution >= 4 is 41.0 Å². The zero-order valence-corrected chi connectivity index (χ0v) is 19.5. The molecule has 0 radical (unpaired) electrons. The number of benzene rings is 2. The number of thiazole rings is 1. The number of aryl methyl sites for hydroxylation is 1. The summed E-state index contributed by atoms with van der Waals surface area (Å²) in [5, 5.41) is 5.56. The van der Waals surface area contributed by atoms with Gasteiger partial charge in [0, 0.05) is 18.3 Å². The largest absolute Gasteiger partial charge is 0.354 e. The summed E-state index contributed by atoms with van der Waals surface area (Å²) in [4.78, 5) is 38.1. The molecule has 0 fully saturated rings. The van der Waals surface area contributed by atoms with E-state index in [1.807, 2.05) is 32.9 Å². The molecule has 0 aliphatic carbocycles. The van der Waals surface area contributed by atoms with Crippen LogP contribution in [0.4, 0.5) is 10.1 Å². The normalized spacial score (nSPS) is 12.3. The maximum atomic E-state index is 13.2. The second kappa shape index (κ2) is 10.9. The number of hydrogen-bond acceptors (Lipinski definition) is 4. The Kier molecular flexibility index (Phi) is 7.95. The summed E-state index contributed by atoms with van der Waals surface area (Å²) in [5.74, 6) is -0.837. The van der Waals surface area contributed by atoms with E-state index in [0.717, 1.165) is 16.9 Å². The number of amides is 2. The van der Waals surface area contributed by atoms with E-state index in [4.69, 9.17) is 0 Å². The van der Waals surface area contributed by atoms with Crippen LogP contribution in [0.3, 0.4) is 0 Å². The predicted octanol–water partition coefficient (Wildman–Crippen LogP) is 2.38. The van der Waals surface area contributed by atoms with Crippen LogP contribution in [0.5, 0.6) is 0 Å². The first kappa shape index (κ1) is 24.1. The SMILES string of the molecule is Cc1ccc(NC(=O)C=c2sc(=Cc3ccc(F)cc3)c(=O)n2CC(=O)NCC(C)C)cc1. The van der Waals surface area contributed by atoms with Gasteiger partial charge in [-0.25, -0.2) is 4.39 Å². The van der Waals surface area contributed by atoms with E-state index in [2.05, 4.69) is 10.6 Å². The van der Waals surface area contributed by atoms with Gasteiger partial charge < -0.3 is 10.6 Å². The molecule has 0 unspecified atom stereocenters. The molecule has 0 saturated carbocycles. The van der Waals surface area contributed by atoms with Gasteiger partial charge in [-0.3, -0.25) is 19.0 Å². The molecular formula is C25H26FN3O3S. The van der Waals surface area contributed by atoms with Crippen LogP contribution < -0.4 is 25.4 Å². The average molecular weight is 468 g/mol. The number of carbonyl (C=O) groups excluding carboxylic acids is 2. The zero-order valence-electron chi connectivity index (χ0n) is 18.7. The number of rotatable bonds is 7. The third-order valence-corrected chi connectivity index (χ3v) is 5.75. The van der Waals surface area contributed by atoms with Crippen LogP contribution in [0.15, 0.2) is 53.3 Å². The summed E-state index contributed by atoms with van der Waals surface area (Å²) in [6.07, 6.45) is 2.92. The van der Waals surface area contributed by atoms with Crippen LogP contribution in [0.2, 0.25) is 0 Å². The molecule has 8 heteroatoms. The maximum Gasteiger partial charge on any atom is 0.269 e. The molecule has 0 aliphatic heterocycles. The lowest BCUT2D eigenvalue weighted by Crippen LogP contribution is -2.39. The standard InChI is InChI=1S/C25H26FN3O3S/c1-16(2)14-27-23(31)15-29-24(13-22(30)28-20-10-4-17(3)5-11-20)33-21(25(29)32)12-18-6-8-19(26)9-7-18/h4-13,16H,14-15H2,1-3H3,(H,27,31)(H,28,30). The fourth-order valence-corrected chi connectivity index (χ4v) is 3.99. The van der Waals surface area contributed by atoms with Gasteiger partial charge in [0.1, 0.15) is 17.0 Å². The van der Waals surface area contributed by atoms with Crippen LogP contribution in [-0.4, -0.2) is 22.9 Å². The molecule has 0 atom stereocenters. The summed E-state index contributed by atoms with van der Waals surface area (Å²) in [6, 6.07) is 13.1. The summed E-state index contributed by atoms with van der Waals surface area (Å²) in [7, 11) is 0. The zero-order chi connectivity index (χ0) is 24.0. The molecular weight excluding hydrogens is 441 g/mol. The summed E-state index contributed by atoms with van der Waals surface area (Å²) in [6.45, 7) is 6.18. The smallest absolute Gasteiger partial charge is 0.269 e. The van der Waals surface area contributed by atoms with E-state index in [-0.39, 0.29) is 24.2 Å². The summed E-state index contributed by atoms with van der Waals surface area (Å²) in [5.41, 5.74) is 1.94. The van der Waals surface area contributed by atoms with E-state index in [1.54, 1.807) is 30.3 Å². The quantitative estimate of drug-likeness (QED) is 0.560. The Morgan fingerprint density at radius 1 is 1.09 bits per heavy atom. The van der Waals surface area contributed by atoms with Crippen molar-refractivity contribution < 1.29 is 14.0 Å². The fourth-order valence-electron chi connectivity index (χ4n) is 2.95. The molecule has 0 saturated heterocycles. The van der Waals surface area contributed by atoms with Crippen LogP contribution >= 0.6 is 11.3 Å². The highest BCUT2D eigenvalue weighted by Gasteiger charge is 2.11. The maximum absolute atomic E-state index is 13.2. The van der Waals surface area contributed by atoms with Gasteiger partial charge in [0.2, 0.25) is 5.91 Å². The molecule has 0 spiro atoms. The number of hydrogen-bond donors (Lipinski definition) is 2. The molecule has 2 aromatic carbocycles. The Labute approximate surface area is 195 Å². The Morgan fingerprint density at radius 3 is 2.39 bits per heavy atom. The lowest BCUT2D eigenvalue weighted by Gasteiger charge is -2.08. The second-order valence-electron chi connectivity index (χ2n) is 8.09. The monoisotopic (exact) mass is 467 g/mol. The van der Waals surface area contributed by atoms with Crippen LogP contribution in [0.25, 0.3) is 12.2 Å². The highest BCUT2D eigenvalue weighted by atomic mass is 32.1. The number of halogens is 1. The molecule has 0 aliphatic rings. The van der Waals surface area contributed by atoms with Crippen molar-refractivity contribution in [1.29, 1.82) is 0 Å². The highest BCUT2D eigenvalue weighted by Crippen LogP contribution is 2.08. The average Bonchev–Trinajstić information content (AvgIpc) is 3.04. The van der Waals surface area contributed by atoms with E-state index in [0.29, 0.717) is 27.0 Å². The number of anilines is 1. The van der Waals surface area contributed by atoms with Crippen molar-refractivity contribution in [1.82, 2.24) is 9.88 Å². The van der Waals surface area contributed by atoms with Crippen molar-refractivity contribution in [3.05, 3.63) is 85.0 Å². The number of nitrogens with one attached hydrogen (secondary N) is 2. The minimum Gasteiger partial charge on any atom is -0.354 e. The Bertz CT molecular complexity index is 1310. The first-order chi connectivity index (χ1) is 15.7. The number of nitrogens with zero attached hydrogens (tertiary/aromatic N) is 1. The van der Waals surface area contributed by atoms with Crippen molar-refractivity contribution in [2.45, 2.75) is 27.3 Å².